The van der Waals surface area contributed by atoms with Gasteiger partial charge in [-0.2, -0.15) is 0 Å². The standard InChI is InChI=1S/C10H21NO3/c1-8(2)11(6-9(12)14-5)7-10(3,4)13/h8,13H,6-7H2,1-5H3. The van der Waals surface area contributed by atoms with Gasteiger partial charge in [0.1, 0.15) is 0 Å². The molecule has 0 heterocycles. The van der Waals surface area contributed by atoms with E-state index in [1.165, 1.54) is 7.11 Å². The summed E-state index contributed by atoms with van der Waals surface area (Å²) in [5.41, 5.74) is -0.793. The summed E-state index contributed by atoms with van der Waals surface area (Å²) < 4.78 is 4.58. The zero-order valence-electron chi connectivity index (χ0n) is 9.70. The monoisotopic (exact) mass is 203 g/mol. The largest absolute Gasteiger partial charge is 0.468 e. The van der Waals surface area contributed by atoms with E-state index in [0.29, 0.717) is 6.54 Å². The van der Waals surface area contributed by atoms with Crippen LogP contribution < -0.4 is 0 Å². The Labute approximate surface area is 85.9 Å². The van der Waals surface area contributed by atoms with E-state index in [9.17, 15) is 9.90 Å². The summed E-state index contributed by atoms with van der Waals surface area (Å²) in [4.78, 5) is 12.9. The van der Waals surface area contributed by atoms with E-state index in [4.69, 9.17) is 0 Å². The highest BCUT2D eigenvalue weighted by Gasteiger charge is 2.22. The molecule has 0 aromatic carbocycles. The van der Waals surface area contributed by atoms with Crippen molar-refractivity contribution < 1.29 is 14.6 Å². The van der Waals surface area contributed by atoms with Crippen molar-refractivity contribution in [2.24, 2.45) is 0 Å². The summed E-state index contributed by atoms with van der Waals surface area (Å²) in [6.07, 6.45) is 0. The van der Waals surface area contributed by atoms with E-state index >= 15 is 0 Å². The first-order valence-corrected chi connectivity index (χ1v) is 4.79. The number of rotatable bonds is 5. The minimum Gasteiger partial charge on any atom is -0.468 e. The summed E-state index contributed by atoms with van der Waals surface area (Å²) in [5.74, 6) is -0.275. The second-order valence-electron chi connectivity index (χ2n) is 4.39. The van der Waals surface area contributed by atoms with Crippen LogP contribution in [0.4, 0.5) is 0 Å². The fraction of sp³-hybridized carbons (Fsp3) is 0.900. The number of carbonyl (C=O) groups is 1. The van der Waals surface area contributed by atoms with Crippen LogP contribution in [0, 0.1) is 0 Å². The zero-order chi connectivity index (χ0) is 11.4. The highest BCUT2D eigenvalue weighted by Crippen LogP contribution is 2.08. The molecule has 4 nitrogen and oxygen atoms in total. The van der Waals surface area contributed by atoms with E-state index in [1.807, 2.05) is 18.7 Å². The summed E-state index contributed by atoms with van der Waals surface area (Å²) in [6.45, 7) is 8.08. The molecule has 14 heavy (non-hydrogen) atoms. The Morgan fingerprint density at radius 1 is 1.50 bits per heavy atom. The van der Waals surface area contributed by atoms with Crippen LogP contribution in [-0.2, 0) is 9.53 Å². The van der Waals surface area contributed by atoms with Crippen LogP contribution in [0.5, 0.6) is 0 Å². The number of methoxy groups -OCH3 is 1. The van der Waals surface area contributed by atoms with Crippen LogP contribution in [0.1, 0.15) is 27.7 Å². The Hall–Kier alpha value is -0.610. The molecular formula is C10H21NO3. The second-order valence-corrected chi connectivity index (χ2v) is 4.39. The fourth-order valence-electron chi connectivity index (χ4n) is 1.15. The van der Waals surface area contributed by atoms with Crippen molar-refractivity contribution in [3.63, 3.8) is 0 Å². The van der Waals surface area contributed by atoms with E-state index in [2.05, 4.69) is 4.74 Å². The van der Waals surface area contributed by atoms with Gasteiger partial charge < -0.3 is 9.84 Å². The molecule has 0 atom stereocenters. The van der Waals surface area contributed by atoms with Crippen LogP contribution in [0.15, 0.2) is 0 Å². The van der Waals surface area contributed by atoms with Gasteiger partial charge in [-0.15, -0.1) is 0 Å². The van der Waals surface area contributed by atoms with Gasteiger partial charge in [0.15, 0.2) is 0 Å². The third-order valence-electron chi connectivity index (χ3n) is 1.88. The molecule has 0 radical (unpaired) electrons. The van der Waals surface area contributed by atoms with Crippen molar-refractivity contribution in [3.8, 4) is 0 Å². The van der Waals surface area contributed by atoms with Crippen molar-refractivity contribution in [2.45, 2.75) is 39.3 Å². The Bertz CT molecular complexity index is 184. The van der Waals surface area contributed by atoms with Crippen molar-refractivity contribution in [1.29, 1.82) is 0 Å². The van der Waals surface area contributed by atoms with Crippen molar-refractivity contribution >= 4 is 5.97 Å². The molecule has 4 heteroatoms. The highest BCUT2D eigenvalue weighted by atomic mass is 16.5. The van der Waals surface area contributed by atoms with Gasteiger partial charge in [0.05, 0.1) is 19.3 Å². The zero-order valence-corrected chi connectivity index (χ0v) is 9.70. The molecular weight excluding hydrogens is 182 g/mol. The molecule has 0 spiro atoms. The highest BCUT2D eigenvalue weighted by molar-refractivity contribution is 5.71. The average Bonchev–Trinajstić information content (AvgIpc) is 2.00. The van der Waals surface area contributed by atoms with E-state index in [-0.39, 0.29) is 18.6 Å². The van der Waals surface area contributed by atoms with Crippen LogP contribution in [0.2, 0.25) is 0 Å². The minimum atomic E-state index is -0.793. The number of ether oxygens (including phenoxy) is 1. The van der Waals surface area contributed by atoms with E-state index in [1.54, 1.807) is 13.8 Å². The lowest BCUT2D eigenvalue weighted by Crippen LogP contribution is -2.45. The first-order valence-electron chi connectivity index (χ1n) is 4.79. The summed E-state index contributed by atoms with van der Waals surface area (Å²) in [7, 11) is 1.37. The smallest absolute Gasteiger partial charge is 0.319 e. The third kappa shape index (κ3) is 5.94. The van der Waals surface area contributed by atoms with Gasteiger partial charge in [-0.05, 0) is 27.7 Å². The van der Waals surface area contributed by atoms with Gasteiger partial charge in [-0.3, -0.25) is 9.69 Å². The van der Waals surface area contributed by atoms with Gasteiger partial charge in [-0.25, -0.2) is 0 Å². The van der Waals surface area contributed by atoms with Crippen LogP contribution in [0.3, 0.4) is 0 Å². The average molecular weight is 203 g/mol. The maximum atomic E-state index is 11.1. The molecule has 0 rings (SSSR count). The molecule has 0 aromatic heterocycles. The quantitative estimate of drug-likeness (QED) is 0.666. The molecule has 0 saturated carbocycles. The van der Waals surface area contributed by atoms with Crippen molar-refractivity contribution in [3.05, 3.63) is 0 Å². The fourth-order valence-corrected chi connectivity index (χ4v) is 1.15. The molecule has 84 valence electrons. The topological polar surface area (TPSA) is 49.8 Å². The second kappa shape index (κ2) is 5.32. The number of aliphatic hydroxyl groups is 1. The maximum absolute atomic E-state index is 11.1. The van der Waals surface area contributed by atoms with Gasteiger partial charge in [0.25, 0.3) is 0 Å². The number of hydrogen-bond donors (Lipinski definition) is 1. The Kier molecular flexibility index (Phi) is 5.08. The van der Waals surface area contributed by atoms with Gasteiger partial charge in [0, 0.05) is 12.6 Å². The Morgan fingerprint density at radius 3 is 2.29 bits per heavy atom. The van der Waals surface area contributed by atoms with E-state index in [0.717, 1.165) is 0 Å². The summed E-state index contributed by atoms with van der Waals surface area (Å²) in [5, 5.41) is 9.63. The van der Waals surface area contributed by atoms with Crippen LogP contribution >= 0.6 is 0 Å². The number of nitrogens with zero attached hydrogens (tertiary/aromatic N) is 1. The molecule has 1 N–H and O–H groups in total. The lowest BCUT2D eigenvalue weighted by atomic mass is 10.1. The first-order chi connectivity index (χ1) is 6.26. The molecule has 0 aromatic rings. The molecule has 0 aliphatic heterocycles. The Balaban J connectivity index is 4.24. The van der Waals surface area contributed by atoms with Gasteiger partial charge >= 0.3 is 5.97 Å². The number of esters is 1. The van der Waals surface area contributed by atoms with Crippen molar-refractivity contribution in [1.82, 2.24) is 4.90 Å². The normalized spacial score (nSPS) is 12.3. The molecule has 0 aliphatic rings. The number of hydrogen-bond acceptors (Lipinski definition) is 4. The number of carbonyl (C=O) groups excluding carboxylic acids is 1. The molecule has 0 unspecified atom stereocenters. The van der Waals surface area contributed by atoms with E-state index < -0.39 is 5.60 Å². The SMILES string of the molecule is COC(=O)CN(CC(C)(C)O)C(C)C. The predicted molar refractivity (Wildman–Crippen MR) is 55.0 cm³/mol. The third-order valence-corrected chi connectivity index (χ3v) is 1.88. The van der Waals surface area contributed by atoms with Crippen LogP contribution in [0.25, 0.3) is 0 Å². The lowest BCUT2D eigenvalue weighted by molar-refractivity contribution is -0.143. The molecule has 0 bridgehead atoms. The molecule has 0 amide bonds. The maximum Gasteiger partial charge on any atom is 0.319 e. The van der Waals surface area contributed by atoms with Gasteiger partial charge in [0.2, 0.25) is 0 Å². The van der Waals surface area contributed by atoms with Gasteiger partial charge in [-0.1, -0.05) is 0 Å². The first kappa shape index (κ1) is 13.4. The minimum absolute atomic E-state index is 0.209. The summed E-state index contributed by atoms with van der Waals surface area (Å²) >= 11 is 0. The lowest BCUT2D eigenvalue weighted by Gasteiger charge is -2.31. The molecule has 0 aliphatic carbocycles. The Morgan fingerprint density at radius 2 is 2.00 bits per heavy atom. The van der Waals surface area contributed by atoms with Crippen LogP contribution in [-0.4, -0.2) is 47.8 Å². The predicted octanol–water partition coefficient (Wildman–Crippen LogP) is 0.641. The summed E-state index contributed by atoms with van der Waals surface area (Å²) in [6, 6.07) is 0.209. The van der Waals surface area contributed by atoms with Crippen molar-refractivity contribution in [2.75, 3.05) is 20.2 Å². The molecule has 0 saturated heterocycles. The molecule has 0 fully saturated rings.